The smallest absolute Gasteiger partial charge is 0.0249 e. The normalized spacial score (nSPS) is 34.7. The molecule has 3 heteroatoms. The molecule has 0 spiro atoms. The predicted molar refractivity (Wildman–Crippen MR) is 91.7 cm³/mol. The molecule has 4 unspecified atom stereocenters. The Hall–Kier alpha value is -0.120. The molecule has 1 aliphatic heterocycles. The molecular weight excluding hydrogens is 258 g/mol. The lowest BCUT2D eigenvalue weighted by molar-refractivity contribution is 0.105. The standard InChI is InChI=1S/C18H37N3/c1-5-10-19-17-8-7-15(6-2)12-18(17)21(4)14-16-9-11-20(3)13-16/h15-19H,5-14H2,1-4H3. The van der Waals surface area contributed by atoms with Gasteiger partial charge in [0, 0.05) is 25.2 Å². The molecule has 1 saturated heterocycles. The molecule has 0 bridgehead atoms. The average molecular weight is 296 g/mol. The van der Waals surface area contributed by atoms with Gasteiger partial charge in [0.15, 0.2) is 0 Å². The summed E-state index contributed by atoms with van der Waals surface area (Å²) in [7, 11) is 4.64. The Kier molecular flexibility index (Phi) is 6.97. The fourth-order valence-electron chi connectivity index (χ4n) is 4.38. The molecule has 0 aromatic carbocycles. The molecule has 4 atom stereocenters. The van der Waals surface area contributed by atoms with Crippen molar-refractivity contribution in [1.82, 2.24) is 15.1 Å². The Morgan fingerprint density at radius 1 is 1.14 bits per heavy atom. The first-order chi connectivity index (χ1) is 10.1. The van der Waals surface area contributed by atoms with E-state index in [0.29, 0.717) is 0 Å². The summed E-state index contributed by atoms with van der Waals surface area (Å²) in [6.45, 7) is 9.69. The summed E-state index contributed by atoms with van der Waals surface area (Å²) in [4.78, 5) is 5.18. The van der Waals surface area contributed by atoms with Gasteiger partial charge in [-0.2, -0.15) is 0 Å². The summed E-state index contributed by atoms with van der Waals surface area (Å²) >= 11 is 0. The summed E-state index contributed by atoms with van der Waals surface area (Å²) < 4.78 is 0. The van der Waals surface area contributed by atoms with Gasteiger partial charge in [-0.05, 0) is 71.1 Å². The molecular formula is C18H37N3. The lowest BCUT2D eigenvalue weighted by Gasteiger charge is -2.42. The van der Waals surface area contributed by atoms with Gasteiger partial charge in [-0.3, -0.25) is 0 Å². The van der Waals surface area contributed by atoms with Gasteiger partial charge in [0.05, 0.1) is 0 Å². The minimum atomic E-state index is 0.719. The fraction of sp³-hybridized carbons (Fsp3) is 1.00. The van der Waals surface area contributed by atoms with Crippen molar-refractivity contribution in [3.63, 3.8) is 0 Å². The van der Waals surface area contributed by atoms with Gasteiger partial charge in [0.25, 0.3) is 0 Å². The fourth-order valence-corrected chi connectivity index (χ4v) is 4.38. The second kappa shape index (κ2) is 8.50. The van der Waals surface area contributed by atoms with E-state index in [1.54, 1.807) is 0 Å². The summed E-state index contributed by atoms with van der Waals surface area (Å²) in [6.07, 6.45) is 8.19. The van der Waals surface area contributed by atoms with Gasteiger partial charge in [0.2, 0.25) is 0 Å². The minimum Gasteiger partial charge on any atom is -0.312 e. The zero-order valence-corrected chi connectivity index (χ0v) is 14.8. The molecule has 1 saturated carbocycles. The van der Waals surface area contributed by atoms with E-state index in [9.17, 15) is 0 Å². The van der Waals surface area contributed by atoms with Crippen LogP contribution in [0, 0.1) is 11.8 Å². The number of nitrogens with one attached hydrogen (secondary N) is 1. The maximum atomic E-state index is 3.83. The predicted octanol–water partition coefficient (Wildman–Crippen LogP) is 2.82. The molecule has 2 rings (SSSR count). The van der Waals surface area contributed by atoms with Crippen LogP contribution in [0.1, 0.15) is 52.4 Å². The zero-order valence-electron chi connectivity index (χ0n) is 14.8. The number of nitrogens with zero attached hydrogens (tertiary/aromatic N) is 2. The minimum absolute atomic E-state index is 0.719. The highest BCUT2D eigenvalue weighted by molar-refractivity contribution is 4.91. The first-order valence-electron chi connectivity index (χ1n) is 9.26. The van der Waals surface area contributed by atoms with Crippen LogP contribution in [0.25, 0.3) is 0 Å². The number of hydrogen-bond acceptors (Lipinski definition) is 3. The van der Waals surface area contributed by atoms with E-state index >= 15 is 0 Å². The molecule has 2 fully saturated rings. The topological polar surface area (TPSA) is 18.5 Å². The van der Waals surface area contributed by atoms with Crippen molar-refractivity contribution in [1.29, 1.82) is 0 Å². The number of hydrogen-bond donors (Lipinski definition) is 1. The quantitative estimate of drug-likeness (QED) is 0.779. The van der Waals surface area contributed by atoms with Crippen molar-refractivity contribution in [3.05, 3.63) is 0 Å². The third-order valence-electron chi connectivity index (χ3n) is 5.76. The first-order valence-corrected chi connectivity index (χ1v) is 9.26. The van der Waals surface area contributed by atoms with Crippen LogP contribution >= 0.6 is 0 Å². The highest BCUT2D eigenvalue weighted by Crippen LogP contribution is 2.30. The number of rotatable bonds is 7. The van der Waals surface area contributed by atoms with Crippen molar-refractivity contribution in [2.45, 2.75) is 64.5 Å². The summed E-state index contributed by atoms with van der Waals surface area (Å²) in [6, 6.07) is 1.47. The lowest BCUT2D eigenvalue weighted by Crippen LogP contribution is -2.53. The van der Waals surface area contributed by atoms with Crippen molar-refractivity contribution >= 4 is 0 Å². The second-order valence-corrected chi connectivity index (χ2v) is 7.57. The Balaban J connectivity index is 1.90. The van der Waals surface area contributed by atoms with Gasteiger partial charge in [0.1, 0.15) is 0 Å². The third kappa shape index (κ3) is 4.94. The van der Waals surface area contributed by atoms with Crippen LogP contribution in [0.5, 0.6) is 0 Å². The Bertz CT molecular complexity index is 294. The third-order valence-corrected chi connectivity index (χ3v) is 5.76. The summed E-state index contributed by atoms with van der Waals surface area (Å²) in [5.41, 5.74) is 0. The van der Waals surface area contributed by atoms with Crippen LogP contribution in [0.3, 0.4) is 0 Å². The molecule has 1 aliphatic carbocycles. The molecule has 1 heterocycles. The molecule has 2 aliphatic rings. The zero-order chi connectivity index (χ0) is 15.2. The van der Waals surface area contributed by atoms with E-state index in [0.717, 1.165) is 23.9 Å². The van der Waals surface area contributed by atoms with E-state index in [1.165, 1.54) is 64.7 Å². The molecule has 124 valence electrons. The van der Waals surface area contributed by atoms with E-state index in [2.05, 4.69) is 43.1 Å². The average Bonchev–Trinajstić information content (AvgIpc) is 2.90. The van der Waals surface area contributed by atoms with Crippen molar-refractivity contribution in [3.8, 4) is 0 Å². The van der Waals surface area contributed by atoms with Crippen LogP contribution in [-0.4, -0.2) is 62.2 Å². The first kappa shape index (κ1) is 17.2. The highest BCUT2D eigenvalue weighted by atomic mass is 15.2. The van der Waals surface area contributed by atoms with Crippen LogP contribution in [-0.2, 0) is 0 Å². The Morgan fingerprint density at radius 2 is 1.95 bits per heavy atom. The monoisotopic (exact) mass is 295 g/mol. The van der Waals surface area contributed by atoms with Crippen LogP contribution in [0.2, 0.25) is 0 Å². The second-order valence-electron chi connectivity index (χ2n) is 7.57. The molecule has 0 aromatic rings. The largest absolute Gasteiger partial charge is 0.312 e. The van der Waals surface area contributed by atoms with Gasteiger partial charge in [-0.1, -0.05) is 20.3 Å². The number of likely N-dealkylation sites (N-methyl/N-ethyl adjacent to an activating group) is 1. The van der Waals surface area contributed by atoms with Gasteiger partial charge >= 0.3 is 0 Å². The van der Waals surface area contributed by atoms with Gasteiger partial charge in [-0.15, -0.1) is 0 Å². The molecule has 1 N–H and O–H groups in total. The number of likely N-dealkylation sites (tertiary alicyclic amines) is 1. The lowest BCUT2D eigenvalue weighted by atomic mass is 9.80. The van der Waals surface area contributed by atoms with Gasteiger partial charge < -0.3 is 15.1 Å². The van der Waals surface area contributed by atoms with Crippen molar-refractivity contribution in [2.75, 3.05) is 40.3 Å². The van der Waals surface area contributed by atoms with Crippen LogP contribution < -0.4 is 5.32 Å². The molecule has 21 heavy (non-hydrogen) atoms. The Labute approximate surface area is 132 Å². The van der Waals surface area contributed by atoms with E-state index < -0.39 is 0 Å². The highest BCUT2D eigenvalue weighted by Gasteiger charge is 2.33. The van der Waals surface area contributed by atoms with Crippen molar-refractivity contribution in [2.24, 2.45) is 11.8 Å². The molecule has 3 nitrogen and oxygen atoms in total. The Morgan fingerprint density at radius 3 is 2.57 bits per heavy atom. The molecule has 0 aromatic heterocycles. The molecule has 0 amide bonds. The maximum Gasteiger partial charge on any atom is 0.0249 e. The van der Waals surface area contributed by atoms with Gasteiger partial charge in [-0.25, -0.2) is 0 Å². The van der Waals surface area contributed by atoms with Crippen LogP contribution in [0.4, 0.5) is 0 Å². The van der Waals surface area contributed by atoms with E-state index in [-0.39, 0.29) is 0 Å². The summed E-state index contributed by atoms with van der Waals surface area (Å²) in [5.74, 6) is 1.83. The van der Waals surface area contributed by atoms with Crippen LogP contribution in [0.15, 0.2) is 0 Å². The summed E-state index contributed by atoms with van der Waals surface area (Å²) in [5, 5.41) is 3.83. The van der Waals surface area contributed by atoms with E-state index in [1.807, 2.05) is 0 Å². The van der Waals surface area contributed by atoms with E-state index in [4.69, 9.17) is 0 Å². The SMILES string of the molecule is CCCNC1CCC(CC)CC1N(C)CC1CCN(C)C1. The molecule has 0 radical (unpaired) electrons. The maximum absolute atomic E-state index is 3.83. The van der Waals surface area contributed by atoms with Crippen molar-refractivity contribution < 1.29 is 0 Å².